The Balaban J connectivity index is 2.32. The molecule has 1 N–H and O–H groups in total. The van der Waals surface area contributed by atoms with Crippen LogP contribution in [-0.4, -0.2) is 6.54 Å². The van der Waals surface area contributed by atoms with E-state index < -0.39 is 0 Å². The molecule has 2 aromatic heterocycles. The number of hydrogen-bond acceptors (Lipinski definition) is 3. The monoisotopic (exact) mass is 341 g/mol. The van der Waals surface area contributed by atoms with Gasteiger partial charge >= 0.3 is 0 Å². The molecule has 19 heavy (non-hydrogen) atoms. The average Bonchev–Trinajstić information content (AvgIpc) is 2.93. The third-order valence-electron chi connectivity index (χ3n) is 2.94. The zero-order chi connectivity index (χ0) is 14.0. The zero-order valence-corrected chi connectivity index (χ0v) is 14.2. The van der Waals surface area contributed by atoms with Crippen LogP contribution in [0.1, 0.15) is 49.3 Å². The number of hydrogen-bond donors (Lipinski definition) is 1. The zero-order valence-electron chi connectivity index (χ0n) is 11.8. The quantitative estimate of drug-likeness (QED) is 0.836. The molecule has 0 aliphatic rings. The van der Waals surface area contributed by atoms with Gasteiger partial charge in [-0.2, -0.15) is 0 Å². The molecule has 2 aromatic rings. The summed E-state index contributed by atoms with van der Waals surface area (Å²) in [7, 11) is 0. The van der Waals surface area contributed by atoms with Crippen LogP contribution < -0.4 is 5.32 Å². The summed E-state index contributed by atoms with van der Waals surface area (Å²) in [6.07, 6.45) is 0. The predicted molar refractivity (Wildman–Crippen MR) is 84.9 cm³/mol. The van der Waals surface area contributed by atoms with Gasteiger partial charge < -0.3 is 9.73 Å². The van der Waals surface area contributed by atoms with Gasteiger partial charge in [0.2, 0.25) is 0 Å². The second kappa shape index (κ2) is 5.81. The van der Waals surface area contributed by atoms with Crippen LogP contribution in [0.3, 0.4) is 0 Å². The molecule has 0 aliphatic heterocycles. The lowest BCUT2D eigenvalue weighted by Crippen LogP contribution is -2.20. The first kappa shape index (κ1) is 14.8. The molecule has 0 radical (unpaired) electrons. The van der Waals surface area contributed by atoms with Crippen molar-refractivity contribution in [1.82, 2.24) is 5.32 Å². The maximum Gasteiger partial charge on any atom is 0.169 e. The molecule has 0 spiro atoms. The molecule has 0 aromatic carbocycles. The highest BCUT2D eigenvalue weighted by Crippen LogP contribution is 2.35. The van der Waals surface area contributed by atoms with Crippen LogP contribution in [0, 0.1) is 0 Å². The minimum atomic E-state index is 0.136. The van der Waals surface area contributed by atoms with Crippen LogP contribution in [0.2, 0.25) is 0 Å². The molecule has 2 nitrogen and oxygen atoms in total. The molecular formula is C15H20BrNOS. The van der Waals surface area contributed by atoms with Gasteiger partial charge in [0.05, 0.1) is 0 Å². The van der Waals surface area contributed by atoms with Gasteiger partial charge in [-0.1, -0.05) is 27.7 Å². The number of thiophene rings is 1. The number of rotatable bonds is 4. The van der Waals surface area contributed by atoms with Gasteiger partial charge in [0.1, 0.15) is 11.8 Å². The summed E-state index contributed by atoms with van der Waals surface area (Å²) < 4.78 is 6.48. The topological polar surface area (TPSA) is 25.2 Å². The van der Waals surface area contributed by atoms with Crippen molar-refractivity contribution < 1.29 is 4.42 Å². The van der Waals surface area contributed by atoms with Crippen molar-refractivity contribution in [1.29, 1.82) is 0 Å². The fourth-order valence-corrected chi connectivity index (χ4v) is 3.41. The summed E-state index contributed by atoms with van der Waals surface area (Å²) in [6.45, 7) is 9.76. The Morgan fingerprint density at radius 3 is 2.47 bits per heavy atom. The first-order valence-electron chi connectivity index (χ1n) is 6.50. The van der Waals surface area contributed by atoms with E-state index in [1.165, 1.54) is 9.75 Å². The van der Waals surface area contributed by atoms with E-state index in [2.05, 4.69) is 61.1 Å². The first-order chi connectivity index (χ1) is 8.91. The Bertz CT molecular complexity index is 538. The Morgan fingerprint density at radius 1 is 1.26 bits per heavy atom. The third kappa shape index (κ3) is 3.50. The van der Waals surface area contributed by atoms with Crippen LogP contribution in [0.15, 0.2) is 33.4 Å². The number of nitrogens with one attached hydrogen (secondary N) is 1. The molecule has 0 fully saturated rings. The van der Waals surface area contributed by atoms with Crippen LogP contribution in [0.4, 0.5) is 0 Å². The molecule has 0 amide bonds. The van der Waals surface area contributed by atoms with Crippen LogP contribution >= 0.6 is 27.3 Å². The summed E-state index contributed by atoms with van der Waals surface area (Å²) >= 11 is 5.22. The highest BCUT2D eigenvalue weighted by atomic mass is 79.9. The number of furan rings is 1. The van der Waals surface area contributed by atoms with Gasteiger partial charge in [-0.05, 0) is 52.2 Å². The molecule has 0 saturated heterocycles. The van der Waals surface area contributed by atoms with Crippen LogP contribution in [-0.2, 0) is 5.41 Å². The maximum absolute atomic E-state index is 5.71. The molecule has 1 unspecified atom stereocenters. The van der Waals surface area contributed by atoms with Crippen molar-refractivity contribution in [3.8, 4) is 0 Å². The molecule has 2 heterocycles. The summed E-state index contributed by atoms with van der Waals surface area (Å²) in [6, 6.07) is 8.53. The Hall–Kier alpha value is -0.580. The van der Waals surface area contributed by atoms with Crippen molar-refractivity contribution in [2.24, 2.45) is 0 Å². The van der Waals surface area contributed by atoms with Gasteiger partial charge in [0.25, 0.3) is 0 Å². The summed E-state index contributed by atoms with van der Waals surface area (Å²) in [5.74, 6) is 0.955. The smallest absolute Gasteiger partial charge is 0.169 e. The van der Waals surface area contributed by atoms with Gasteiger partial charge in [0, 0.05) is 9.75 Å². The van der Waals surface area contributed by atoms with Gasteiger partial charge in [-0.3, -0.25) is 0 Å². The normalized spacial score (nSPS) is 13.7. The summed E-state index contributed by atoms with van der Waals surface area (Å²) in [5, 5.41) is 3.49. The van der Waals surface area contributed by atoms with E-state index in [9.17, 15) is 0 Å². The molecule has 1 atom stereocenters. The minimum absolute atomic E-state index is 0.136. The number of halogens is 1. The standard InChI is InChI=1S/C15H20BrNOS/c1-5-17-14(10-6-9-13(16)18-10)11-7-8-12(19-11)15(2,3)4/h6-9,14,17H,5H2,1-4H3. The van der Waals surface area contributed by atoms with E-state index in [-0.39, 0.29) is 11.5 Å². The average molecular weight is 342 g/mol. The lowest BCUT2D eigenvalue weighted by Gasteiger charge is -2.17. The Kier molecular flexibility index (Phi) is 4.54. The van der Waals surface area contributed by atoms with E-state index in [0.29, 0.717) is 0 Å². The Morgan fingerprint density at radius 2 is 2.00 bits per heavy atom. The highest BCUT2D eigenvalue weighted by Gasteiger charge is 2.22. The van der Waals surface area contributed by atoms with E-state index in [4.69, 9.17) is 4.42 Å². The van der Waals surface area contributed by atoms with Crippen LogP contribution in [0.25, 0.3) is 0 Å². The predicted octanol–water partition coefficient (Wildman–Crippen LogP) is 5.10. The fourth-order valence-electron chi connectivity index (χ4n) is 1.94. The van der Waals surface area contributed by atoms with Gasteiger partial charge in [0.15, 0.2) is 4.67 Å². The van der Waals surface area contributed by atoms with Crippen molar-refractivity contribution in [3.05, 3.63) is 44.4 Å². The third-order valence-corrected chi connectivity index (χ3v) is 4.94. The van der Waals surface area contributed by atoms with Crippen molar-refractivity contribution in [3.63, 3.8) is 0 Å². The molecule has 2 rings (SSSR count). The van der Waals surface area contributed by atoms with Gasteiger partial charge in [-0.25, -0.2) is 0 Å². The van der Waals surface area contributed by atoms with Crippen LogP contribution in [0.5, 0.6) is 0 Å². The molecule has 104 valence electrons. The Labute approximate surface area is 127 Å². The van der Waals surface area contributed by atoms with Crippen molar-refractivity contribution >= 4 is 27.3 Å². The van der Waals surface area contributed by atoms with E-state index in [0.717, 1.165) is 17.0 Å². The molecule has 0 saturated carbocycles. The van der Waals surface area contributed by atoms with E-state index >= 15 is 0 Å². The lowest BCUT2D eigenvalue weighted by molar-refractivity contribution is 0.440. The first-order valence-corrected chi connectivity index (χ1v) is 8.11. The second-order valence-electron chi connectivity index (χ2n) is 5.58. The molecule has 0 bridgehead atoms. The van der Waals surface area contributed by atoms with E-state index in [1.807, 2.05) is 23.5 Å². The SMILES string of the molecule is CCNC(c1ccc(Br)o1)c1ccc(C(C)(C)C)s1. The minimum Gasteiger partial charge on any atom is -0.452 e. The molecule has 0 aliphatic carbocycles. The fraction of sp³-hybridized carbons (Fsp3) is 0.467. The van der Waals surface area contributed by atoms with E-state index in [1.54, 1.807) is 0 Å². The largest absolute Gasteiger partial charge is 0.452 e. The maximum atomic E-state index is 5.71. The molecular weight excluding hydrogens is 322 g/mol. The summed E-state index contributed by atoms with van der Waals surface area (Å²) in [5.41, 5.74) is 0.198. The second-order valence-corrected chi connectivity index (χ2v) is 7.48. The molecule has 4 heteroatoms. The van der Waals surface area contributed by atoms with Crippen molar-refractivity contribution in [2.45, 2.75) is 39.2 Å². The van der Waals surface area contributed by atoms with Crippen molar-refractivity contribution in [2.75, 3.05) is 6.54 Å². The van der Waals surface area contributed by atoms with Gasteiger partial charge in [-0.15, -0.1) is 11.3 Å². The lowest BCUT2D eigenvalue weighted by atomic mass is 9.95. The highest BCUT2D eigenvalue weighted by molar-refractivity contribution is 9.10. The summed E-state index contributed by atoms with van der Waals surface area (Å²) in [4.78, 5) is 2.70.